The fourth-order valence-electron chi connectivity index (χ4n) is 3.59. The standard InChI is InChI=1S/C21H20ClF2N5O2S/c1-20(2)19(25)29-21(3,10-32(20,30)31)14-7-13(8-15(23)16(14)24)28-18-17-11(4-5-26-18)6-12(22)9-27-17/h4-9H,10H2,1-3H3,(H2,25,29)(H,26,28)/t21-/m1/s1. The van der Waals surface area contributed by atoms with Gasteiger partial charge in [-0.2, -0.15) is 0 Å². The van der Waals surface area contributed by atoms with Crippen LogP contribution in [0.4, 0.5) is 20.3 Å². The molecule has 0 saturated carbocycles. The van der Waals surface area contributed by atoms with Crippen molar-refractivity contribution in [3.8, 4) is 0 Å². The summed E-state index contributed by atoms with van der Waals surface area (Å²) in [6.45, 7) is 4.27. The number of sulfone groups is 1. The summed E-state index contributed by atoms with van der Waals surface area (Å²) in [7, 11) is -3.80. The summed E-state index contributed by atoms with van der Waals surface area (Å²) in [5.74, 6) is -2.76. The molecule has 1 aliphatic heterocycles. The summed E-state index contributed by atoms with van der Waals surface area (Å²) >= 11 is 5.98. The first kappa shape index (κ1) is 22.3. The van der Waals surface area contributed by atoms with E-state index in [4.69, 9.17) is 17.3 Å². The Balaban J connectivity index is 1.83. The van der Waals surface area contributed by atoms with Crippen molar-refractivity contribution >= 4 is 49.7 Å². The van der Waals surface area contributed by atoms with Crippen LogP contribution in [0.2, 0.25) is 5.02 Å². The Morgan fingerprint density at radius 1 is 1.16 bits per heavy atom. The summed E-state index contributed by atoms with van der Waals surface area (Å²) in [6.07, 6.45) is 2.96. The Labute approximate surface area is 188 Å². The lowest BCUT2D eigenvalue weighted by molar-refractivity contribution is 0.446. The maximum absolute atomic E-state index is 14.9. The minimum Gasteiger partial charge on any atom is -0.386 e. The number of halogens is 3. The number of anilines is 2. The molecule has 1 atom stereocenters. The first-order chi connectivity index (χ1) is 14.8. The molecule has 3 heterocycles. The topological polar surface area (TPSA) is 110 Å². The monoisotopic (exact) mass is 479 g/mol. The maximum atomic E-state index is 14.9. The van der Waals surface area contributed by atoms with Crippen molar-refractivity contribution in [2.24, 2.45) is 10.7 Å². The molecule has 7 nitrogen and oxygen atoms in total. The Kier molecular flexibility index (Phi) is 5.13. The van der Waals surface area contributed by atoms with Gasteiger partial charge in [-0.25, -0.2) is 22.2 Å². The van der Waals surface area contributed by atoms with E-state index in [1.165, 1.54) is 39.2 Å². The van der Waals surface area contributed by atoms with Gasteiger partial charge in [-0.05, 0) is 39.0 Å². The van der Waals surface area contributed by atoms with E-state index in [1.54, 1.807) is 12.1 Å². The predicted octanol–water partition coefficient (Wildman–Crippen LogP) is 4.08. The van der Waals surface area contributed by atoms with Crippen molar-refractivity contribution in [1.82, 2.24) is 9.97 Å². The molecule has 1 aliphatic rings. The van der Waals surface area contributed by atoms with Crippen LogP contribution in [0.5, 0.6) is 0 Å². The number of benzene rings is 1. The minimum absolute atomic E-state index is 0.146. The fourth-order valence-corrected chi connectivity index (χ4v) is 5.45. The largest absolute Gasteiger partial charge is 0.386 e. The summed E-state index contributed by atoms with van der Waals surface area (Å²) in [5, 5.41) is 4.06. The molecule has 168 valence electrons. The number of aliphatic imine (C=N–C) groups is 1. The van der Waals surface area contributed by atoms with Crippen LogP contribution in [0, 0.1) is 11.6 Å². The van der Waals surface area contributed by atoms with E-state index in [0.29, 0.717) is 21.7 Å². The molecule has 0 fully saturated rings. The molecule has 0 bridgehead atoms. The van der Waals surface area contributed by atoms with Gasteiger partial charge in [0, 0.05) is 35.1 Å². The molecule has 3 aromatic rings. The number of hydrogen-bond acceptors (Lipinski definition) is 7. The Bertz CT molecular complexity index is 1390. The van der Waals surface area contributed by atoms with E-state index in [2.05, 4.69) is 20.3 Å². The van der Waals surface area contributed by atoms with Gasteiger partial charge >= 0.3 is 0 Å². The summed E-state index contributed by atoms with van der Waals surface area (Å²) in [4.78, 5) is 12.7. The highest BCUT2D eigenvalue weighted by molar-refractivity contribution is 7.93. The highest BCUT2D eigenvalue weighted by atomic mass is 35.5. The first-order valence-corrected chi connectivity index (χ1v) is 11.6. The molecular weight excluding hydrogens is 460 g/mol. The number of nitrogens with two attached hydrogens (primary N) is 1. The summed E-state index contributed by atoms with van der Waals surface area (Å²) in [6, 6.07) is 5.66. The number of hydrogen-bond donors (Lipinski definition) is 2. The third kappa shape index (κ3) is 3.57. The maximum Gasteiger partial charge on any atom is 0.165 e. The Morgan fingerprint density at radius 3 is 2.56 bits per heavy atom. The highest BCUT2D eigenvalue weighted by Crippen LogP contribution is 2.39. The van der Waals surface area contributed by atoms with Crippen molar-refractivity contribution in [1.29, 1.82) is 0 Å². The van der Waals surface area contributed by atoms with Crippen LogP contribution in [0.25, 0.3) is 10.9 Å². The minimum atomic E-state index is -3.80. The second kappa shape index (κ2) is 7.35. The van der Waals surface area contributed by atoms with Crippen LogP contribution in [-0.4, -0.2) is 34.7 Å². The van der Waals surface area contributed by atoms with Gasteiger partial charge in [0.2, 0.25) is 0 Å². The fraction of sp³-hybridized carbons (Fsp3) is 0.286. The molecule has 0 radical (unpaired) electrons. The molecule has 0 amide bonds. The lowest BCUT2D eigenvalue weighted by atomic mass is 9.92. The van der Waals surface area contributed by atoms with E-state index in [1.807, 2.05) is 0 Å². The number of amidine groups is 1. The van der Waals surface area contributed by atoms with E-state index >= 15 is 0 Å². The summed E-state index contributed by atoms with van der Waals surface area (Å²) in [5.41, 5.74) is 4.70. The molecule has 0 saturated heterocycles. The highest BCUT2D eigenvalue weighted by Gasteiger charge is 2.49. The average molecular weight is 480 g/mol. The van der Waals surface area contributed by atoms with Crippen molar-refractivity contribution in [2.45, 2.75) is 31.1 Å². The van der Waals surface area contributed by atoms with Crippen LogP contribution in [0.1, 0.15) is 26.3 Å². The number of pyridine rings is 2. The van der Waals surface area contributed by atoms with Crippen LogP contribution >= 0.6 is 11.6 Å². The van der Waals surface area contributed by atoms with Crippen LogP contribution in [0.15, 0.2) is 41.7 Å². The molecule has 2 aromatic heterocycles. The Hall–Kier alpha value is -2.85. The number of aromatic nitrogens is 2. The molecule has 32 heavy (non-hydrogen) atoms. The van der Waals surface area contributed by atoms with Crippen LogP contribution < -0.4 is 11.1 Å². The zero-order valence-corrected chi connectivity index (χ0v) is 19.0. The molecule has 4 rings (SSSR count). The van der Waals surface area contributed by atoms with Crippen molar-refractivity contribution in [2.75, 3.05) is 11.1 Å². The van der Waals surface area contributed by atoms with Gasteiger partial charge in [0.05, 0.1) is 10.8 Å². The lowest BCUT2D eigenvalue weighted by Gasteiger charge is -2.38. The second-order valence-electron chi connectivity index (χ2n) is 8.37. The van der Waals surface area contributed by atoms with Crippen LogP contribution in [0.3, 0.4) is 0 Å². The number of fused-ring (bicyclic) bond motifs is 1. The van der Waals surface area contributed by atoms with Crippen molar-refractivity contribution < 1.29 is 17.2 Å². The third-order valence-corrected chi connectivity index (χ3v) is 8.58. The molecule has 0 spiro atoms. The quantitative estimate of drug-likeness (QED) is 0.585. The van der Waals surface area contributed by atoms with Gasteiger partial charge in [0.15, 0.2) is 27.3 Å². The molecule has 3 N–H and O–H groups in total. The zero-order valence-electron chi connectivity index (χ0n) is 17.4. The van der Waals surface area contributed by atoms with E-state index in [-0.39, 0.29) is 17.1 Å². The van der Waals surface area contributed by atoms with Crippen molar-refractivity contribution in [3.05, 3.63) is 58.9 Å². The van der Waals surface area contributed by atoms with Gasteiger partial charge in [-0.15, -0.1) is 0 Å². The van der Waals surface area contributed by atoms with Crippen molar-refractivity contribution in [3.63, 3.8) is 0 Å². The first-order valence-electron chi connectivity index (χ1n) is 9.59. The Morgan fingerprint density at radius 2 is 1.88 bits per heavy atom. The van der Waals surface area contributed by atoms with E-state index in [9.17, 15) is 17.2 Å². The van der Waals surface area contributed by atoms with Gasteiger partial charge < -0.3 is 11.1 Å². The number of nitrogens with zero attached hydrogens (tertiary/aromatic N) is 3. The van der Waals surface area contributed by atoms with E-state index in [0.717, 1.165) is 6.07 Å². The number of nitrogens with one attached hydrogen (secondary N) is 1. The summed E-state index contributed by atoms with van der Waals surface area (Å²) < 4.78 is 53.7. The van der Waals surface area contributed by atoms with E-state index < -0.39 is 37.5 Å². The van der Waals surface area contributed by atoms with Gasteiger partial charge in [-0.1, -0.05) is 11.6 Å². The van der Waals surface area contributed by atoms with Gasteiger partial charge in [0.25, 0.3) is 0 Å². The second-order valence-corrected chi connectivity index (χ2v) is 11.3. The smallest absolute Gasteiger partial charge is 0.165 e. The molecule has 0 unspecified atom stereocenters. The third-order valence-electron chi connectivity index (χ3n) is 5.67. The molecule has 0 aliphatic carbocycles. The average Bonchev–Trinajstić information content (AvgIpc) is 2.68. The zero-order chi connectivity index (χ0) is 23.5. The van der Waals surface area contributed by atoms with Gasteiger partial charge in [-0.3, -0.25) is 9.98 Å². The predicted molar refractivity (Wildman–Crippen MR) is 121 cm³/mol. The molecule has 11 heteroatoms. The molecule has 1 aromatic carbocycles. The van der Waals surface area contributed by atoms with Gasteiger partial charge in [0.1, 0.15) is 21.6 Å². The SMILES string of the molecule is CC1(C)C(N)=N[C@@](C)(c2cc(Nc3nccc4cc(Cl)cnc34)cc(F)c2F)CS1(=O)=O. The number of rotatable bonds is 3. The lowest BCUT2D eigenvalue weighted by Crippen LogP contribution is -2.55. The van der Waals surface area contributed by atoms with Crippen LogP contribution in [-0.2, 0) is 15.4 Å². The molecular formula is C21H20ClF2N5O2S. The normalized spacial score (nSPS) is 21.9.